The minimum Gasteiger partial charge on any atom is -0.497 e. The highest BCUT2D eigenvalue weighted by atomic mass is 16.5. The Kier molecular flexibility index (Phi) is 8.31. The second-order valence-corrected chi connectivity index (χ2v) is 8.40. The van der Waals surface area contributed by atoms with E-state index in [0.29, 0.717) is 17.9 Å². The predicted molar refractivity (Wildman–Crippen MR) is 143 cm³/mol. The highest BCUT2D eigenvalue weighted by Gasteiger charge is 2.09. The first-order valence-electron chi connectivity index (χ1n) is 12.1. The molecule has 4 rings (SSSR count). The van der Waals surface area contributed by atoms with Crippen LogP contribution in [-0.2, 0) is 13.1 Å². The summed E-state index contributed by atoms with van der Waals surface area (Å²) in [5.41, 5.74) is 5.28. The quantitative estimate of drug-likeness (QED) is 0.312. The van der Waals surface area contributed by atoms with Crippen LogP contribution in [0.4, 0.5) is 11.4 Å². The molecule has 0 atom stereocenters. The van der Waals surface area contributed by atoms with E-state index in [1.54, 1.807) is 25.3 Å². The van der Waals surface area contributed by atoms with Gasteiger partial charge >= 0.3 is 0 Å². The number of benzene rings is 3. The number of carbonyl (C=O) groups is 1. The fourth-order valence-corrected chi connectivity index (χ4v) is 3.81. The van der Waals surface area contributed by atoms with Crippen molar-refractivity contribution in [3.63, 3.8) is 0 Å². The normalized spacial score (nSPS) is 10.9. The number of methoxy groups -OCH3 is 1. The van der Waals surface area contributed by atoms with E-state index in [1.807, 2.05) is 59.4 Å². The summed E-state index contributed by atoms with van der Waals surface area (Å²) in [7, 11) is 1.58. The van der Waals surface area contributed by atoms with Crippen molar-refractivity contribution >= 4 is 17.3 Å². The molecule has 0 bridgehead atoms. The Labute approximate surface area is 211 Å². The lowest BCUT2D eigenvalue weighted by atomic mass is 10.1. The Morgan fingerprint density at radius 1 is 0.972 bits per heavy atom. The number of ether oxygens (including phenoxy) is 1. The molecule has 1 amide bonds. The van der Waals surface area contributed by atoms with Crippen LogP contribution in [0.15, 0.2) is 79.0 Å². The third kappa shape index (κ3) is 6.49. The van der Waals surface area contributed by atoms with Crippen LogP contribution in [0.1, 0.15) is 35.5 Å². The first kappa shape index (κ1) is 24.9. The second-order valence-electron chi connectivity index (χ2n) is 8.40. The second kappa shape index (κ2) is 12.0. The number of aromatic nitrogens is 3. The Balaban J connectivity index is 1.34. The van der Waals surface area contributed by atoms with Gasteiger partial charge in [0.1, 0.15) is 5.75 Å². The van der Waals surface area contributed by atoms with Crippen LogP contribution >= 0.6 is 0 Å². The highest BCUT2D eigenvalue weighted by Crippen LogP contribution is 2.18. The fourth-order valence-electron chi connectivity index (χ4n) is 3.81. The molecule has 8 nitrogen and oxygen atoms in total. The molecule has 0 aliphatic heterocycles. The Morgan fingerprint density at radius 2 is 1.75 bits per heavy atom. The lowest BCUT2D eigenvalue weighted by molar-refractivity contribution is 0.102. The third-order valence-corrected chi connectivity index (χ3v) is 5.97. The van der Waals surface area contributed by atoms with E-state index in [2.05, 4.69) is 45.8 Å². The summed E-state index contributed by atoms with van der Waals surface area (Å²) in [5, 5.41) is 15.0. The maximum atomic E-state index is 12.5. The first-order valence-corrected chi connectivity index (χ1v) is 12.1. The van der Waals surface area contributed by atoms with Crippen molar-refractivity contribution in [2.45, 2.75) is 26.9 Å². The maximum absolute atomic E-state index is 12.5. The van der Waals surface area contributed by atoms with Crippen LogP contribution in [-0.4, -0.2) is 46.0 Å². The molecule has 4 aromatic rings. The van der Waals surface area contributed by atoms with E-state index in [9.17, 15) is 4.79 Å². The van der Waals surface area contributed by atoms with Crippen molar-refractivity contribution in [3.05, 3.63) is 95.8 Å². The van der Waals surface area contributed by atoms with Crippen molar-refractivity contribution in [1.82, 2.24) is 19.9 Å². The van der Waals surface area contributed by atoms with Crippen molar-refractivity contribution in [1.29, 1.82) is 0 Å². The van der Waals surface area contributed by atoms with Crippen LogP contribution in [0, 0.1) is 0 Å². The molecular formula is C28H32N6O2. The molecule has 0 saturated heterocycles. The highest BCUT2D eigenvalue weighted by molar-refractivity contribution is 6.04. The number of carbonyl (C=O) groups excluding carboxylic acids is 1. The molecule has 2 N–H and O–H groups in total. The van der Waals surface area contributed by atoms with Gasteiger partial charge in [-0.2, -0.15) is 0 Å². The molecule has 1 aromatic heterocycles. The summed E-state index contributed by atoms with van der Waals surface area (Å²) < 4.78 is 7.00. The van der Waals surface area contributed by atoms with Gasteiger partial charge in [0.05, 0.1) is 24.7 Å². The van der Waals surface area contributed by atoms with Crippen LogP contribution in [0.3, 0.4) is 0 Å². The van der Waals surface area contributed by atoms with Crippen molar-refractivity contribution < 1.29 is 9.53 Å². The summed E-state index contributed by atoms with van der Waals surface area (Å²) in [4.78, 5) is 14.8. The van der Waals surface area contributed by atoms with Crippen molar-refractivity contribution in [2.24, 2.45) is 0 Å². The van der Waals surface area contributed by atoms with Gasteiger partial charge in [0.15, 0.2) is 0 Å². The Hall–Kier alpha value is -4.17. The zero-order valence-electron chi connectivity index (χ0n) is 20.9. The average molecular weight is 485 g/mol. The molecule has 0 radical (unpaired) electrons. The summed E-state index contributed by atoms with van der Waals surface area (Å²) in [6.45, 7) is 7.71. The third-order valence-electron chi connectivity index (χ3n) is 5.97. The monoisotopic (exact) mass is 484 g/mol. The summed E-state index contributed by atoms with van der Waals surface area (Å²) in [5.74, 6) is 0.474. The molecular weight excluding hydrogens is 452 g/mol. The molecule has 0 aliphatic carbocycles. The Morgan fingerprint density at radius 3 is 2.50 bits per heavy atom. The van der Waals surface area contributed by atoms with E-state index in [1.165, 1.54) is 0 Å². The van der Waals surface area contributed by atoms with Gasteiger partial charge in [-0.1, -0.05) is 43.3 Å². The first-order chi connectivity index (χ1) is 17.6. The molecule has 8 heteroatoms. The molecule has 0 aliphatic rings. The molecule has 36 heavy (non-hydrogen) atoms. The Bertz CT molecular complexity index is 1280. The number of hydrogen-bond acceptors (Lipinski definition) is 6. The van der Waals surface area contributed by atoms with Gasteiger partial charge in [-0.25, -0.2) is 4.68 Å². The predicted octanol–water partition coefficient (Wildman–Crippen LogP) is 4.98. The molecule has 0 unspecified atom stereocenters. The van der Waals surface area contributed by atoms with Crippen LogP contribution < -0.4 is 15.4 Å². The van der Waals surface area contributed by atoms with Crippen LogP contribution in [0.2, 0.25) is 0 Å². The molecule has 0 spiro atoms. The van der Waals surface area contributed by atoms with Gasteiger partial charge in [0.25, 0.3) is 5.91 Å². The van der Waals surface area contributed by atoms with Gasteiger partial charge in [-0.3, -0.25) is 9.69 Å². The molecule has 0 saturated carbocycles. The van der Waals surface area contributed by atoms with Gasteiger partial charge in [-0.15, -0.1) is 5.10 Å². The van der Waals surface area contributed by atoms with E-state index in [0.717, 1.165) is 48.0 Å². The zero-order chi connectivity index (χ0) is 25.3. The number of nitrogens with zero attached hydrogens (tertiary/aromatic N) is 4. The van der Waals surface area contributed by atoms with E-state index < -0.39 is 0 Å². The van der Waals surface area contributed by atoms with Crippen LogP contribution in [0.5, 0.6) is 5.75 Å². The standard InChI is InChI=1S/C28H32N6O2/c1-4-33(5-2)19-25-20-34(32-31-25)26-10-7-9-24(17-26)29-18-21-12-14-23(15-13-21)30-28(35)22-8-6-11-27(16-22)36-3/h6-17,20,29H,4-5,18-19H2,1-3H3,(H,30,35). The molecule has 0 fully saturated rings. The molecule has 3 aromatic carbocycles. The van der Waals surface area contributed by atoms with Crippen LogP contribution in [0.25, 0.3) is 5.69 Å². The van der Waals surface area contributed by atoms with Gasteiger partial charge in [0, 0.05) is 30.0 Å². The smallest absolute Gasteiger partial charge is 0.255 e. The molecule has 1 heterocycles. The van der Waals surface area contributed by atoms with Gasteiger partial charge < -0.3 is 15.4 Å². The number of anilines is 2. The largest absolute Gasteiger partial charge is 0.497 e. The minimum absolute atomic E-state index is 0.176. The fraction of sp³-hybridized carbons (Fsp3) is 0.250. The summed E-state index contributed by atoms with van der Waals surface area (Å²) in [6.07, 6.45) is 1.98. The van der Waals surface area contributed by atoms with Crippen molar-refractivity contribution in [2.75, 3.05) is 30.8 Å². The van der Waals surface area contributed by atoms with Crippen molar-refractivity contribution in [3.8, 4) is 11.4 Å². The summed E-state index contributed by atoms with van der Waals surface area (Å²) >= 11 is 0. The maximum Gasteiger partial charge on any atom is 0.255 e. The SMILES string of the molecule is CCN(CC)Cc1cn(-c2cccc(NCc3ccc(NC(=O)c4cccc(OC)c4)cc3)c2)nn1. The summed E-state index contributed by atoms with van der Waals surface area (Å²) in [6, 6.07) is 23.0. The number of nitrogens with one attached hydrogen (secondary N) is 2. The number of hydrogen-bond donors (Lipinski definition) is 2. The lowest BCUT2D eigenvalue weighted by Gasteiger charge is -2.15. The van der Waals surface area contributed by atoms with Gasteiger partial charge in [0.2, 0.25) is 0 Å². The molecule has 186 valence electrons. The average Bonchev–Trinajstić information content (AvgIpc) is 3.40. The lowest BCUT2D eigenvalue weighted by Crippen LogP contribution is -2.22. The topological polar surface area (TPSA) is 84.3 Å². The van der Waals surface area contributed by atoms with Gasteiger partial charge in [-0.05, 0) is 67.2 Å². The van der Waals surface area contributed by atoms with E-state index in [4.69, 9.17) is 4.74 Å². The van der Waals surface area contributed by atoms with E-state index >= 15 is 0 Å². The zero-order valence-corrected chi connectivity index (χ0v) is 20.9. The number of amides is 1. The minimum atomic E-state index is -0.176. The van der Waals surface area contributed by atoms with E-state index in [-0.39, 0.29) is 5.91 Å². The number of rotatable bonds is 11.